The highest BCUT2D eigenvalue weighted by atomic mass is 35.5. The molecule has 0 aliphatic rings. The third kappa shape index (κ3) is 2.54. The molecule has 0 N–H and O–H groups in total. The Morgan fingerprint density at radius 1 is 1.10 bits per heavy atom. The normalized spacial score (nSPS) is 11.2. The first-order valence-corrected chi connectivity index (χ1v) is 7.36. The average molecular weight is 305 g/mol. The van der Waals surface area contributed by atoms with Crippen LogP contribution in [0.1, 0.15) is 18.9 Å². The molecule has 0 bridgehead atoms. The number of imidazole rings is 1. The summed E-state index contributed by atoms with van der Waals surface area (Å²) >= 11 is 12.2. The maximum atomic E-state index is 6.16. The first-order valence-electron chi connectivity index (χ1n) is 6.60. The van der Waals surface area contributed by atoms with Gasteiger partial charge in [-0.15, -0.1) is 0 Å². The molecule has 20 heavy (non-hydrogen) atoms. The topological polar surface area (TPSA) is 17.3 Å². The van der Waals surface area contributed by atoms with Crippen LogP contribution in [0, 0.1) is 0 Å². The van der Waals surface area contributed by atoms with Crippen LogP contribution in [0.5, 0.6) is 0 Å². The number of halogens is 2. The largest absolute Gasteiger partial charge is 0.304 e. The number of aryl methyl sites for hydroxylation is 1. The lowest BCUT2D eigenvalue weighted by molar-refractivity contribution is 0.922. The number of pyridine rings is 1. The summed E-state index contributed by atoms with van der Waals surface area (Å²) in [4.78, 5) is 4.57. The van der Waals surface area contributed by atoms with Gasteiger partial charge in [-0.1, -0.05) is 60.8 Å². The van der Waals surface area contributed by atoms with Gasteiger partial charge in [-0.2, -0.15) is 0 Å². The van der Waals surface area contributed by atoms with Gasteiger partial charge in [-0.3, -0.25) is 0 Å². The van der Waals surface area contributed by atoms with E-state index in [0.717, 1.165) is 29.7 Å². The number of fused-ring (bicyclic) bond motifs is 1. The monoisotopic (exact) mass is 304 g/mol. The first-order chi connectivity index (χ1) is 9.67. The van der Waals surface area contributed by atoms with Crippen LogP contribution in [-0.2, 0) is 6.42 Å². The molecule has 2 aromatic heterocycles. The zero-order valence-electron chi connectivity index (χ0n) is 11.1. The molecule has 4 heteroatoms. The van der Waals surface area contributed by atoms with Crippen LogP contribution in [-0.4, -0.2) is 9.38 Å². The molecule has 2 nitrogen and oxygen atoms in total. The summed E-state index contributed by atoms with van der Waals surface area (Å²) < 4.78 is 1.86. The Bertz CT molecular complexity index is 745. The number of hydrogen-bond acceptors (Lipinski definition) is 1. The van der Waals surface area contributed by atoms with E-state index in [1.54, 1.807) is 6.07 Å². The van der Waals surface area contributed by atoms with E-state index in [1.807, 2.05) is 16.8 Å². The Morgan fingerprint density at radius 2 is 1.85 bits per heavy atom. The zero-order chi connectivity index (χ0) is 14.1. The van der Waals surface area contributed by atoms with E-state index in [9.17, 15) is 0 Å². The van der Waals surface area contributed by atoms with Crippen molar-refractivity contribution in [3.05, 3.63) is 58.3 Å². The molecule has 2 heterocycles. The molecule has 0 unspecified atom stereocenters. The summed E-state index contributed by atoms with van der Waals surface area (Å²) in [6, 6.07) is 10.2. The van der Waals surface area contributed by atoms with Crippen molar-refractivity contribution in [3.63, 3.8) is 0 Å². The molecule has 0 fully saturated rings. The highest BCUT2D eigenvalue weighted by Crippen LogP contribution is 2.26. The minimum Gasteiger partial charge on any atom is -0.304 e. The SMILES string of the molecule is CCCc1ccc(-c2cn3cc(Cl)cc(Cl)c3n2)cc1. The lowest BCUT2D eigenvalue weighted by Crippen LogP contribution is -1.83. The van der Waals surface area contributed by atoms with Crippen molar-refractivity contribution in [2.45, 2.75) is 19.8 Å². The van der Waals surface area contributed by atoms with Gasteiger partial charge in [-0.05, 0) is 18.1 Å². The Hall–Kier alpha value is -1.51. The molecule has 0 saturated heterocycles. The van der Waals surface area contributed by atoms with Crippen LogP contribution in [0.25, 0.3) is 16.9 Å². The van der Waals surface area contributed by atoms with E-state index in [4.69, 9.17) is 23.2 Å². The lowest BCUT2D eigenvalue weighted by Gasteiger charge is -2.00. The lowest BCUT2D eigenvalue weighted by atomic mass is 10.1. The Morgan fingerprint density at radius 3 is 2.55 bits per heavy atom. The van der Waals surface area contributed by atoms with E-state index in [1.165, 1.54) is 5.56 Å². The van der Waals surface area contributed by atoms with Gasteiger partial charge in [0.1, 0.15) is 0 Å². The third-order valence-corrected chi connectivity index (χ3v) is 3.75. The predicted octanol–water partition coefficient (Wildman–Crippen LogP) is 5.26. The van der Waals surface area contributed by atoms with E-state index in [0.29, 0.717) is 10.0 Å². The second kappa shape index (κ2) is 5.47. The maximum Gasteiger partial charge on any atom is 0.156 e. The zero-order valence-corrected chi connectivity index (χ0v) is 12.6. The number of benzene rings is 1. The average Bonchev–Trinajstić information content (AvgIpc) is 2.84. The van der Waals surface area contributed by atoms with E-state index in [-0.39, 0.29) is 0 Å². The van der Waals surface area contributed by atoms with Crippen LogP contribution >= 0.6 is 23.2 Å². The highest BCUT2D eigenvalue weighted by molar-refractivity contribution is 6.36. The minimum absolute atomic E-state index is 0.561. The number of nitrogens with zero attached hydrogens (tertiary/aromatic N) is 2. The molecule has 1 aromatic carbocycles. The quantitative estimate of drug-likeness (QED) is 0.645. The summed E-state index contributed by atoms with van der Waals surface area (Å²) in [5, 5.41) is 1.16. The summed E-state index contributed by atoms with van der Waals surface area (Å²) in [6.07, 6.45) is 6.02. The summed E-state index contributed by atoms with van der Waals surface area (Å²) in [6.45, 7) is 2.18. The van der Waals surface area contributed by atoms with Gasteiger partial charge in [0.25, 0.3) is 0 Å². The highest BCUT2D eigenvalue weighted by Gasteiger charge is 2.08. The van der Waals surface area contributed by atoms with Gasteiger partial charge in [0, 0.05) is 18.0 Å². The first kappa shape index (κ1) is 13.5. The van der Waals surface area contributed by atoms with Gasteiger partial charge < -0.3 is 4.40 Å². The van der Waals surface area contributed by atoms with Crippen molar-refractivity contribution in [1.82, 2.24) is 9.38 Å². The molecule has 3 aromatic rings. The van der Waals surface area contributed by atoms with Crippen molar-refractivity contribution < 1.29 is 0 Å². The fraction of sp³-hybridized carbons (Fsp3) is 0.188. The molecule has 0 aliphatic carbocycles. The maximum absolute atomic E-state index is 6.16. The second-order valence-corrected chi connectivity index (χ2v) is 5.65. The van der Waals surface area contributed by atoms with Gasteiger partial charge in [-0.25, -0.2) is 4.98 Å². The predicted molar refractivity (Wildman–Crippen MR) is 84.6 cm³/mol. The van der Waals surface area contributed by atoms with Crippen LogP contribution in [0.4, 0.5) is 0 Å². The molecule has 0 radical (unpaired) electrons. The van der Waals surface area contributed by atoms with Crippen molar-refractivity contribution in [3.8, 4) is 11.3 Å². The summed E-state index contributed by atoms with van der Waals surface area (Å²) in [5.74, 6) is 0. The van der Waals surface area contributed by atoms with E-state index >= 15 is 0 Å². The minimum atomic E-state index is 0.561. The third-order valence-electron chi connectivity index (χ3n) is 3.26. The Kier molecular flexibility index (Phi) is 3.68. The van der Waals surface area contributed by atoms with E-state index in [2.05, 4.69) is 36.2 Å². The van der Waals surface area contributed by atoms with Gasteiger partial charge in [0.2, 0.25) is 0 Å². The molecule has 0 atom stereocenters. The van der Waals surface area contributed by atoms with Gasteiger partial charge in [0.15, 0.2) is 5.65 Å². The van der Waals surface area contributed by atoms with Crippen LogP contribution < -0.4 is 0 Å². The molecular weight excluding hydrogens is 291 g/mol. The number of hydrogen-bond donors (Lipinski definition) is 0. The fourth-order valence-electron chi connectivity index (χ4n) is 2.29. The second-order valence-electron chi connectivity index (χ2n) is 4.81. The van der Waals surface area contributed by atoms with E-state index < -0.39 is 0 Å². The standard InChI is InChI=1S/C16H14Cl2N2/c1-2-3-11-4-6-12(7-5-11)15-10-20-9-13(17)8-14(18)16(20)19-15/h4-10H,2-3H2,1H3. The Labute approximate surface area is 128 Å². The van der Waals surface area contributed by atoms with Crippen LogP contribution in [0.3, 0.4) is 0 Å². The molecule has 0 spiro atoms. The molecule has 102 valence electrons. The summed E-state index contributed by atoms with van der Waals surface area (Å²) in [5.41, 5.74) is 4.06. The van der Waals surface area contributed by atoms with Crippen molar-refractivity contribution in [2.75, 3.05) is 0 Å². The molecular formula is C16H14Cl2N2. The van der Waals surface area contributed by atoms with Gasteiger partial charge >= 0.3 is 0 Å². The fourth-order valence-corrected chi connectivity index (χ4v) is 2.82. The van der Waals surface area contributed by atoms with Crippen molar-refractivity contribution in [1.29, 1.82) is 0 Å². The van der Waals surface area contributed by atoms with Crippen LogP contribution in [0.2, 0.25) is 10.0 Å². The molecule has 3 rings (SSSR count). The Balaban J connectivity index is 2.03. The molecule has 0 amide bonds. The molecule has 0 saturated carbocycles. The summed E-state index contributed by atoms with van der Waals surface area (Å²) in [7, 11) is 0. The molecule has 0 aliphatic heterocycles. The smallest absolute Gasteiger partial charge is 0.156 e. The van der Waals surface area contributed by atoms with Crippen molar-refractivity contribution in [2.24, 2.45) is 0 Å². The number of aromatic nitrogens is 2. The number of rotatable bonds is 3. The van der Waals surface area contributed by atoms with Gasteiger partial charge in [0.05, 0.1) is 15.7 Å². The van der Waals surface area contributed by atoms with Crippen molar-refractivity contribution >= 4 is 28.8 Å². The van der Waals surface area contributed by atoms with Crippen LogP contribution in [0.15, 0.2) is 42.7 Å².